The molecule has 0 saturated heterocycles. The van der Waals surface area contributed by atoms with E-state index >= 15 is 0 Å². The molecular weight excluding hydrogens is 520 g/mol. The Bertz CT molecular complexity index is 1050. The zero-order valence-corrected chi connectivity index (χ0v) is 27.2. The van der Waals surface area contributed by atoms with Crippen molar-refractivity contribution in [2.45, 2.75) is 136 Å². The van der Waals surface area contributed by atoms with Crippen LogP contribution in [0.15, 0.2) is 51.7 Å². The number of carbonyl (C=O) groups is 1. The Balaban J connectivity index is 0.00000391. The van der Waals surface area contributed by atoms with Gasteiger partial charge in [0, 0.05) is 17.7 Å². The monoisotopic (exact) mass is 574 g/mol. The molecule has 6 heteroatoms. The van der Waals surface area contributed by atoms with Gasteiger partial charge in [0.05, 0.1) is 12.4 Å². The number of aliphatic hydroxyl groups is 3. The lowest BCUT2D eigenvalue weighted by Crippen LogP contribution is -2.45. The van der Waals surface area contributed by atoms with Crippen LogP contribution in [0, 0.1) is 12.8 Å². The molecule has 0 fully saturated rings. The van der Waals surface area contributed by atoms with E-state index in [9.17, 15) is 20.1 Å². The van der Waals surface area contributed by atoms with Crippen LogP contribution in [0.4, 0.5) is 0 Å². The Kier molecular flexibility index (Phi) is 15.2. The van der Waals surface area contributed by atoms with Crippen LogP contribution in [-0.4, -0.2) is 26.9 Å². The number of unbranched alkanes of at least 4 members (excludes halogenated alkanes) is 2. The van der Waals surface area contributed by atoms with Gasteiger partial charge in [-0.3, -0.25) is 0 Å². The summed E-state index contributed by atoms with van der Waals surface area (Å²) in [6.07, 6.45) is 11.5. The maximum Gasteiger partial charge on any atom is 0.349 e. The first-order valence-electron chi connectivity index (χ1n) is 15.0. The van der Waals surface area contributed by atoms with E-state index < -0.39 is 11.6 Å². The maximum absolute atomic E-state index is 13.5. The molecular formula is C34H54O5S. The van der Waals surface area contributed by atoms with Gasteiger partial charge in [0.25, 0.3) is 0 Å². The molecule has 226 valence electrons. The Morgan fingerprint density at radius 3 is 2.45 bits per heavy atom. The highest BCUT2D eigenvalue weighted by Crippen LogP contribution is 2.46. The van der Waals surface area contributed by atoms with Crippen molar-refractivity contribution in [3.63, 3.8) is 0 Å². The second kappa shape index (κ2) is 16.9. The number of hydrogen-bond acceptors (Lipinski definition) is 6. The SMILES string of the molecule is C/C=C\C/C(O)=C\CCCC1([C@H](C)CCCC)CC(O)=C(Sc2cc(C)c(CO)cc2C(C)(C)C)C(=O)O1.CC. The predicted molar refractivity (Wildman–Crippen MR) is 169 cm³/mol. The molecule has 0 bridgehead atoms. The summed E-state index contributed by atoms with van der Waals surface area (Å²) in [5.41, 5.74) is 1.84. The first-order chi connectivity index (χ1) is 18.9. The largest absolute Gasteiger partial charge is 0.512 e. The second-order valence-electron chi connectivity index (χ2n) is 11.6. The number of ether oxygens (including phenoxy) is 1. The van der Waals surface area contributed by atoms with Gasteiger partial charge < -0.3 is 20.1 Å². The zero-order chi connectivity index (χ0) is 30.5. The van der Waals surface area contributed by atoms with Crippen LogP contribution in [0.1, 0.15) is 123 Å². The minimum absolute atomic E-state index is 0.0454. The summed E-state index contributed by atoms with van der Waals surface area (Å²) in [6, 6.07) is 3.99. The number of aryl methyl sites for hydroxylation is 1. The Labute approximate surface area is 247 Å². The van der Waals surface area contributed by atoms with Gasteiger partial charge in [-0.25, -0.2) is 4.79 Å². The van der Waals surface area contributed by atoms with Crippen molar-refractivity contribution in [1.82, 2.24) is 0 Å². The normalized spacial score (nSPS) is 18.9. The second-order valence-corrected chi connectivity index (χ2v) is 12.6. The lowest BCUT2D eigenvalue weighted by molar-refractivity contribution is -0.166. The molecule has 0 amide bonds. The molecule has 2 rings (SSSR count). The highest BCUT2D eigenvalue weighted by atomic mass is 32.2. The average molecular weight is 575 g/mol. The Morgan fingerprint density at radius 1 is 1.23 bits per heavy atom. The molecule has 0 saturated carbocycles. The lowest BCUT2D eigenvalue weighted by Gasteiger charge is -2.42. The summed E-state index contributed by atoms with van der Waals surface area (Å²) in [4.78, 5) is 14.6. The molecule has 40 heavy (non-hydrogen) atoms. The highest BCUT2D eigenvalue weighted by molar-refractivity contribution is 8.04. The number of cyclic esters (lactones) is 1. The number of carbonyl (C=O) groups excluding carboxylic acids is 1. The van der Waals surface area contributed by atoms with Gasteiger partial charge in [0.1, 0.15) is 16.3 Å². The van der Waals surface area contributed by atoms with Gasteiger partial charge in [-0.1, -0.05) is 91.3 Å². The molecule has 0 radical (unpaired) electrons. The summed E-state index contributed by atoms with van der Waals surface area (Å²) in [7, 11) is 0. The van der Waals surface area contributed by atoms with Crippen LogP contribution < -0.4 is 0 Å². The molecule has 2 atom stereocenters. The number of aliphatic hydroxyl groups excluding tert-OH is 3. The minimum atomic E-state index is -0.767. The molecule has 0 aromatic heterocycles. The molecule has 1 heterocycles. The summed E-state index contributed by atoms with van der Waals surface area (Å²) in [6.45, 7) is 18.4. The van der Waals surface area contributed by atoms with Gasteiger partial charge >= 0.3 is 5.97 Å². The summed E-state index contributed by atoms with van der Waals surface area (Å²) >= 11 is 1.26. The summed E-state index contributed by atoms with van der Waals surface area (Å²) in [5, 5.41) is 31.1. The fourth-order valence-electron chi connectivity index (χ4n) is 4.95. The molecule has 1 aromatic rings. The standard InChI is InChI=1S/C32H48O5S.C2H6/c1-8-10-14-23(4)32(17-13-12-16-25(34)15-11-9-2)20-27(35)29(30(36)37-32)38-28-18-22(3)24(21-33)19-26(28)31(5,6)7;1-2/h9,11,16,18-19,23,33-35H,8,10,12-15,17,20-21H2,1-7H3;1-2H3/b11-9-,25-16+;/t23-,32?;/m1./s1. The average Bonchev–Trinajstić information content (AvgIpc) is 2.91. The van der Waals surface area contributed by atoms with Crippen LogP contribution in [0.2, 0.25) is 0 Å². The first-order valence-corrected chi connectivity index (χ1v) is 15.8. The fraction of sp³-hybridized carbons (Fsp3) is 0.618. The Morgan fingerprint density at radius 2 is 1.90 bits per heavy atom. The molecule has 1 aliphatic rings. The molecule has 3 N–H and O–H groups in total. The quantitative estimate of drug-likeness (QED) is 0.0940. The van der Waals surface area contributed by atoms with E-state index in [1.807, 2.05) is 58.1 Å². The van der Waals surface area contributed by atoms with Crippen LogP contribution in [0.25, 0.3) is 0 Å². The van der Waals surface area contributed by atoms with Crippen LogP contribution >= 0.6 is 11.8 Å². The van der Waals surface area contributed by atoms with Crippen molar-refractivity contribution in [1.29, 1.82) is 0 Å². The van der Waals surface area contributed by atoms with E-state index in [0.29, 0.717) is 31.4 Å². The van der Waals surface area contributed by atoms with Gasteiger partial charge in [-0.2, -0.15) is 0 Å². The third-order valence-corrected chi connectivity index (χ3v) is 8.64. The lowest BCUT2D eigenvalue weighted by atomic mass is 9.77. The van der Waals surface area contributed by atoms with Crippen molar-refractivity contribution in [3.8, 4) is 0 Å². The van der Waals surface area contributed by atoms with Crippen molar-refractivity contribution in [2.75, 3.05) is 0 Å². The zero-order valence-electron chi connectivity index (χ0n) is 26.4. The van der Waals surface area contributed by atoms with E-state index in [1.165, 1.54) is 11.8 Å². The van der Waals surface area contributed by atoms with Crippen molar-refractivity contribution in [2.24, 2.45) is 5.92 Å². The third-order valence-electron chi connectivity index (χ3n) is 7.47. The van der Waals surface area contributed by atoms with Gasteiger partial charge in [-0.15, -0.1) is 0 Å². The molecule has 1 unspecified atom stereocenters. The van der Waals surface area contributed by atoms with E-state index in [-0.39, 0.29) is 28.6 Å². The van der Waals surface area contributed by atoms with Crippen LogP contribution in [0.5, 0.6) is 0 Å². The third kappa shape index (κ3) is 10.0. The summed E-state index contributed by atoms with van der Waals surface area (Å²) in [5.74, 6) is 0.0504. The van der Waals surface area contributed by atoms with Crippen LogP contribution in [0.3, 0.4) is 0 Å². The molecule has 5 nitrogen and oxygen atoms in total. The maximum atomic E-state index is 13.5. The molecule has 0 spiro atoms. The molecule has 0 aliphatic carbocycles. The highest BCUT2D eigenvalue weighted by Gasteiger charge is 2.45. The van der Waals surface area contributed by atoms with Gasteiger partial charge in [-0.05, 0) is 79.7 Å². The van der Waals surface area contributed by atoms with E-state index in [2.05, 4.69) is 34.6 Å². The Hall–Kier alpha value is -2.18. The number of hydrogen-bond donors (Lipinski definition) is 3. The van der Waals surface area contributed by atoms with Crippen molar-refractivity contribution < 1.29 is 24.9 Å². The van der Waals surface area contributed by atoms with Gasteiger partial charge in [0.2, 0.25) is 0 Å². The predicted octanol–water partition coefficient (Wildman–Crippen LogP) is 9.76. The topological polar surface area (TPSA) is 87.0 Å². The molecule has 1 aromatic carbocycles. The fourth-order valence-corrected chi connectivity index (χ4v) is 6.20. The number of thioether (sulfide) groups is 1. The smallest absolute Gasteiger partial charge is 0.349 e. The van der Waals surface area contributed by atoms with Gasteiger partial charge in [0.15, 0.2) is 0 Å². The van der Waals surface area contributed by atoms with E-state index in [1.54, 1.807) is 0 Å². The van der Waals surface area contributed by atoms with Crippen molar-refractivity contribution in [3.05, 3.63) is 63.5 Å². The number of allylic oxidation sites excluding steroid dienone is 3. The first kappa shape index (κ1) is 35.8. The summed E-state index contributed by atoms with van der Waals surface area (Å²) < 4.78 is 6.25. The minimum Gasteiger partial charge on any atom is -0.512 e. The van der Waals surface area contributed by atoms with Crippen molar-refractivity contribution >= 4 is 17.7 Å². The molecule has 1 aliphatic heterocycles. The van der Waals surface area contributed by atoms with E-state index in [4.69, 9.17) is 4.74 Å². The number of rotatable bonds is 13. The number of esters is 1. The number of benzene rings is 1. The van der Waals surface area contributed by atoms with E-state index in [0.717, 1.165) is 47.3 Å². The van der Waals surface area contributed by atoms with Crippen LogP contribution in [-0.2, 0) is 21.6 Å².